The standard InChI is InChI=1S/C21H24N2O4/c1-14-11-18(26-2)19(27-3)12-17(14)22-21(25)16-8-6-15(7-9-16)13-23-10-4-5-20(23)24/h6-9,11-12H,4-5,10,13H2,1-3H3,(H,22,25). The van der Waals surface area contributed by atoms with Gasteiger partial charge in [-0.3, -0.25) is 9.59 Å². The van der Waals surface area contributed by atoms with Crippen molar-refractivity contribution in [3.05, 3.63) is 53.1 Å². The molecule has 6 nitrogen and oxygen atoms in total. The first-order valence-corrected chi connectivity index (χ1v) is 8.92. The first-order chi connectivity index (χ1) is 13.0. The van der Waals surface area contributed by atoms with Gasteiger partial charge in [0.05, 0.1) is 14.2 Å². The molecule has 0 saturated carbocycles. The van der Waals surface area contributed by atoms with Gasteiger partial charge in [-0.2, -0.15) is 0 Å². The lowest BCUT2D eigenvalue weighted by atomic mass is 10.1. The summed E-state index contributed by atoms with van der Waals surface area (Å²) < 4.78 is 10.6. The molecule has 142 valence electrons. The van der Waals surface area contributed by atoms with E-state index in [1.165, 1.54) is 0 Å². The number of nitrogens with one attached hydrogen (secondary N) is 1. The van der Waals surface area contributed by atoms with Gasteiger partial charge in [0.25, 0.3) is 5.91 Å². The Kier molecular flexibility index (Phi) is 5.64. The lowest BCUT2D eigenvalue weighted by Crippen LogP contribution is -2.23. The molecule has 3 rings (SSSR count). The molecule has 2 amide bonds. The number of anilines is 1. The Bertz CT molecular complexity index is 846. The highest BCUT2D eigenvalue weighted by molar-refractivity contribution is 6.04. The molecule has 1 saturated heterocycles. The summed E-state index contributed by atoms with van der Waals surface area (Å²) >= 11 is 0. The smallest absolute Gasteiger partial charge is 0.255 e. The van der Waals surface area contributed by atoms with E-state index in [0.29, 0.717) is 35.7 Å². The van der Waals surface area contributed by atoms with Gasteiger partial charge in [-0.05, 0) is 42.7 Å². The van der Waals surface area contributed by atoms with Crippen LogP contribution in [0.3, 0.4) is 0 Å². The average Bonchev–Trinajstić information content (AvgIpc) is 3.08. The fourth-order valence-electron chi connectivity index (χ4n) is 3.16. The summed E-state index contributed by atoms with van der Waals surface area (Å²) in [6.07, 6.45) is 1.55. The van der Waals surface area contributed by atoms with E-state index in [4.69, 9.17) is 9.47 Å². The van der Waals surface area contributed by atoms with Gasteiger partial charge >= 0.3 is 0 Å². The van der Waals surface area contributed by atoms with E-state index in [-0.39, 0.29) is 11.8 Å². The fraction of sp³-hybridized carbons (Fsp3) is 0.333. The summed E-state index contributed by atoms with van der Waals surface area (Å²) in [4.78, 5) is 26.2. The third-order valence-corrected chi connectivity index (χ3v) is 4.74. The number of rotatable bonds is 6. The molecule has 6 heteroatoms. The minimum atomic E-state index is -0.200. The zero-order valence-electron chi connectivity index (χ0n) is 15.9. The summed E-state index contributed by atoms with van der Waals surface area (Å²) in [5, 5.41) is 2.91. The normalized spacial score (nSPS) is 13.6. The topological polar surface area (TPSA) is 67.9 Å². The van der Waals surface area contributed by atoms with Crippen molar-refractivity contribution in [2.75, 3.05) is 26.1 Å². The van der Waals surface area contributed by atoms with E-state index in [0.717, 1.165) is 24.1 Å². The van der Waals surface area contributed by atoms with Crippen LogP contribution in [-0.4, -0.2) is 37.5 Å². The molecule has 1 aliphatic heterocycles. The minimum absolute atomic E-state index is 0.195. The van der Waals surface area contributed by atoms with Crippen molar-refractivity contribution in [3.8, 4) is 11.5 Å². The van der Waals surface area contributed by atoms with Crippen molar-refractivity contribution >= 4 is 17.5 Å². The lowest BCUT2D eigenvalue weighted by Gasteiger charge is -2.16. The van der Waals surface area contributed by atoms with Crippen LogP contribution in [0.5, 0.6) is 11.5 Å². The molecule has 0 aliphatic carbocycles. The van der Waals surface area contributed by atoms with Crippen LogP contribution in [0.2, 0.25) is 0 Å². The molecule has 2 aromatic rings. The van der Waals surface area contributed by atoms with E-state index in [2.05, 4.69) is 5.32 Å². The maximum absolute atomic E-state index is 12.6. The largest absolute Gasteiger partial charge is 0.493 e. The number of likely N-dealkylation sites (tertiary alicyclic amines) is 1. The van der Waals surface area contributed by atoms with E-state index in [9.17, 15) is 9.59 Å². The number of ether oxygens (including phenoxy) is 2. The third-order valence-electron chi connectivity index (χ3n) is 4.74. The highest BCUT2D eigenvalue weighted by atomic mass is 16.5. The van der Waals surface area contributed by atoms with Gasteiger partial charge in [-0.25, -0.2) is 0 Å². The van der Waals surface area contributed by atoms with E-state index in [1.54, 1.807) is 32.4 Å². The van der Waals surface area contributed by atoms with Crippen LogP contribution in [0, 0.1) is 6.92 Å². The second-order valence-corrected chi connectivity index (χ2v) is 6.59. The Morgan fingerprint density at radius 2 is 1.78 bits per heavy atom. The third kappa shape index (κ3) is 4.22. The SMILES string of the molecule is COc1cc(C)c(NC(=O)c2ccc(CN3CCCC3=O)cc2)cc1OC. The van der Waals surface area contributed by atoms with E-state index in [1.807, 2.05) is 30.0 Å². The molecule has 1 N–H and O–H groups in total. The van der Waals surface area contributed by atoms with Crippen molar-refractivity contribution in [1.82, 2.24) is 4.90 Å². The monoisotopic (exact) mass is 368 g/mol. The predicted octanol–water partition coefficient (Wildman–Crippen LogP) is 3.39. The van der Waals surface area contributed by atoms with Crippen LogP contribution in [-0.2, 0) is 11.3 Å². The van der Waals surface area contributed by atoms with E-state index < -0.39 is 0 Å². The molecule has 0 unspecified atom stereocenters. The molecule has 0 spiro atoms. The van der Waals surface area contributed by atoms with Crippen LogP contribution in [0.1, 0.15) is 34.3 Å². The molecular formula is C21H24N2O4. The highest BCUT2D eigenvalue weighted by Gasteiger charge is 2.20. The Morgan fingerprint density at radius 1 is 1.11 bits per heavy atom. The molecule has 1 heterocycles. The fourth-order valence-corrected chi connectivity index (χ4v) is 3.16. The zero-order valence-corrected chi connectivity index (χ0v) is 15.9. The molecule has 0 radical (unpaired) electrons. The Balaban J connectivity index is 1.70. The number of hydrogen-bond donors (Lipinski definition) is 1. The van der Waals surface area contributed by atoms with Crippen molar-refractivity contribution in [2.24, 2.45) is 0 Å². The van der Waals surface area contributed by atoms with Gasteiger partial charge in [0.2, 0.25) is 5.91 Å². The Labute approximate surface area is 159 Å². The van der Waals surface area contributed by atoms with Crippen molar-refractivity contribution < 1.29 is 19.1 Å². The van der Waals surface area contributed by atoms with Crippen molar-refractivity contribution in [2.45, 2.75) is 26.3 Å². The maximum Gasteiger partial charge on any atom is 0.255 e. The number of methoxy groups -OCH3 is 2. The predicted molar refractivity (Wildman–Crippen MR) is 103 cm³/mol. The highest BCUT2D eigenvalue weighted by Crippen LogP contribution is 2.33. The number of aryl methyl sites for hydroxylation is 1. The van der Waals surface area contributed by atoms with Gasteiger partial charge in [0, 0.05) is 36.8 Å². The first-order valence-electron chi connectivity index (χ1n) is 8.92. The molecule has 0 aromatic heterocycles. The summed E-state index contributed by atoms with van der Waals surface area (Å²) in [6.45, 7) is 3.29. The van der Waals surface area contributed by atoms with E-state index >= 15 is 0 Å². The first kappa shape index (κ1) is 18.8. The van der Waals surface area contributed by atoms with Gasteiger partial charge in [-0.1, -0.05) is 12.1 Å². The molecule has 27 heavy (non-hydrogen) atoms. The second-order valence-electron chi connectivity index (χ2n) is 6.59. The quantitative estimate of drug-likeness (QED) is 0.849. The van der Waals surface area contributed by atoms with Crippen LogP contribution in [0.15, 0.2) is 36.4 Å². The lowest BCUT2D eigenvalue weighted by molar-refractivity contribution is -0.128. The summed E-state index contributed by atoms with van der Waals surface area (Å²) in [5.41, 5.74) is 3.12. The van der Waals surface area contributed by atoms with Crippen molar-refractivity contribution in [3.63, 3.8) is 0 Å². The molecule has 2 aromatic carbocycles. The minimum Gasteiger partial charge on any atom is -0.493 e. The number of benzene rings is 2. The van der Waals surface area contributed by atoms with Crippen molar-refractivity contribution in [1.29, 1.82) is 0 Å². The second kappa shape index (κ2) is 8.12. The molecular weight excluding hydrogens is 344 g/mol. The zero-order chi connectivity index (χ0) is 19.4. The van der Waals surface area contributed by atoms with Crippen LogP contribution >= 0.6 is 0 Å². The number of carbonyl (C=O) groups excluding carboxylic acids is 2. The molecule has 1 aliphatic rings. The number of hydrogen-bond acceptors (Lipinski definition) is 4. The van der Waals surface area contributed by atoms with Crippen LogP contribution in [0.25, 0.3) is 0 Å². The number of amides is 2. The maximum atomic E-state index is 12.6. The number of nitrogens with zero attached hydrogens (tertiary/aromatic N) is 1. The molecule has 0 atom stereocenters. The van der Waals surface area contributed by atoms with Crippen LogP contribution < -0.4 is 14.8 Å². The Morgan fingerprint density at radius 3 is 2.37 bits per heavy atom. The van der Waals surface area contributed by atoms with Gasteiger partial charge in [0.1, 0.15) is 0 Å². The van der Waals surface area contributed by atoms with Gasteiger partial charge < -0.3 is 19.7 Å². The number of carbonyl (C=O) groups is 2. The average molecular weight is 368 g/mol. The molecule has 0 bridgehead atoms. The Hall–Kier alpha value is -3.02. The van der Waals surface area contributed by atoms with Gasteiger partial charge in [0.15, 0.2) is 11.5 Å². The van der Waals surface area contributed by atoms with Crippen LogP contribution in [0.4, 0.5) is 5.69 Å². The van der Waals surface area contributed by atoms with Gasteiger partial charge in [-0.15, -0.1) is 0 Å². The summed E-state index contributed by atoms with van der Waals surface area (Å²) in [6, 6.07) is 10.9. The molecule has 1 fully saturated rings. The summed E-state index contributed by atoms with van der Waals surface area (Å²) in [5.74, 6) is 1.17. The summed E-state index contributed by atoms with van der Waals surface area (Å²) in [7, 11) is 3.13.